The van der Waals surface area contributed by atoms with Crippen molar-refractivity contribution in [2.24, 2.45) is 0 Å². The number of aromatic hydroxyl groups is 1. The second-order valence-electron chi connectivity index (χ2n) is 4.98. The molecule has 2 N–H and O–H groups in total. The van der Waals surface area contributed by atoms with Gasteiger partial charge in [-0.25, -0.2) is 4.79 Å². The summed E-state index contributed by atoms with van der Waals surface area (Å²) < 4.78 is 4.99. The first-order chi connectivity index (χ1) is 11.8. The first kappa shape index (κ1) is 18.2. The van der Waals surface area contributed by atoms with Gasteiger partial charge in [-0.15, -0.1) is 0 Å². The van der Waals surface area contributed by atoms with Crippen LogP contribution in [0.1, 0.15) is 17.3 Å². The lowest BCUT2D eigenvalue weighted by Gasteiger charge is -2.14. The molecular weight excluding hydrogens is 352 g/mol. The molecule has 0 saturated carbocycles. The van der Waals surface area contributed by atoms with Crippen LogP contribution >= 0.6 is 11.6 Å². The third-order valence-corrected chi connectivity index (χ3v) is 3.51. The number of phenols is 1. The molecule has 0 spiro atoms. The minimum atomic E-state index is -1.18. The van der Waals surface area contributed by atoms with E-state index in [1.165, 1.54) is 37.3 Å². The maximum absolute atomic E-state index is 12.1. The van der Waals surface area contributed by atoms with Crippen LogP contribution in [0.15, 0.2) is 42.5 Å². The Morgan fingerprint density at radius 1 is 1.28 bits per heavy atom. The number of esters is 1. The molecule has 130 valence electrons. The molecule has 0 aliphatic heterocycles. The fourth-order valence-electron chi connectivity index (χ4n) is 1.88. The molecule has 0 unspecified atom stereocenters. The molecule has 0 aliphatic carbocycles. The first-order valence-electron chi connectivity index (χ1n) is 7.03. The summed E-state index contributed by atoms with van der Waals surface area (Å²) in [4.78, 5) is 34.1. The van der Waals surface area contributed by atoms with Crippen molar-refractivity contribution in [3.63, 3.8) is 0 Å². The Morgan fingerprint density at radius 3 is 2.56 bits per heavy atom. The van der Waals surface area contributed by atoms with Crippen LogP contribution < -0.4 is 5.32 Å². The average Bonchev–Trinajstić information content (AvgIpc) is 2.56. The van der Waals surface area contributed by atoms with Crippen LogP contribution in [0.3, 0.4) is 0 Å². The largest absolute Gasteiger partial charge is 0.507 e. The number of carbonyl (C=O) groups is 2. The van der Waals surface area contributed by atoms with E-state index in [0.29, 0.717) is 0 Å². The Kier molecular flexibility index (Phi) is 5.56. The normalized spacial score (nSPS) is 11.4. The smallest absolute Gasteiger partial charge is 0.342 e. The molecule has 0 saturated heterocycles. The Morgan fingerprint density at radius 2 is 1.96 bits per heavy atom. The molecule has 1 amide bonds. The number of carbonyl (C=O) groups excluding carboxylic acids is 2. The van der Waals surface area contributed by atoms with Crippen molar-refractivity contribution in [1.82, 2.24) is 0 Å². The lowest BCUT2D eigenvalue weighted by Crippen LogP contribution is -2.30. The zero-order valence-electron chi connectivity index (χ0n) is 12.9. The van der Waals surface area contributed by atoms with Gasteiger partial charge in [0, 0.05) is 12.1 Å². The first-order valence-corrected chi connectivity index (χ1v) is 7.41. The fraction of sp³-hybridized carbons (Fsp3) is 0.125. The van der Waals surface area contributed by atoms with E-state index in [-0.39, 0.29) is 27.7 Å². The van der Waals surface area contributed by atoms with Gasteiger partial charge in [-0.2, -0.15) is 0 Å². The van der Waals surface area contributed by atoms with Gasteiger partial charge in [-0.1, -0.05) is 23.7 Å². The number of nitrogens with one attached hydrogen (secondary N) is 1. The molecular formula is C16H13ClN2O6. The van der Waals surface area contributed by atoms with Crippen molar-refractivity contribution in [3.8, 4) is 5.75 Å². The Labute approximate surface area is 147 Å². The number of non-ortho nitro benzene ring substituents is 1. The number of amides is 1. The lowest BCUT2D eigenvalue weighted by atomic mass is 10.2. The van der Waals surface area contributed by atoms with Crippen molar-refractivity contribution in [3.05, 3.63) is 63.2 Å². The number of hydrogen-bond donors (Lipinski definition) is 2. The van der Waals surface area contributed by atoms with Gasteiger partial charge < -0.3 is 15.2 Å². The van der Waals surface area contributed by atoms with Crippen molar-refractivity contribution >= 4 is 34.9 Å². The van der Waals surface area contributed by atoms with Gasteiger partial charge in [-0.05, 0) is 25.1 Å². The quantitative estimate of drug-likeness (QED) is 0.478. The Balaban J connectivity index is 2.04. The van der Waals surface area contributed by atoms with E-state index in [2.05, 4.69) is 5.32 Å². The maximum Gasteiger partial charge on any atom is 0.342 e. The van der Waals surface area contributed by atoms with E-state index < -0.39 is 22.9 Å². The predicted octanol–water partition coefficient (Wildman–Crippen LogP) is 3.14. The molecule has 0 fully saturated rings. The van der Waals surface area contributed by atoms with E-state index in [9.17, 15) is 24.8 Å². The van der Waals surface area contributed by atoms with E-state index in [1.54, 1.807) is 6.07 Å². The number of rotatable bonds is 5. The maximum atomic E-state index is 12.1. The SMILES string of the molecule is C[C@@H](OC(=O)c1ccccc1O)C(=O)Nc1ccc([N+](=O)[O-])cc1Cl. The molecule has 25 heavy (non-hydrogen) atoms. The molecule has 0 heterocycles. The summed E-state index contributed by atoms with van der Waals surface area (Å²) in [7, 11) is 0. The molecule has 2 aromatic rings. The standard InChI is InChI=1S/C16H13ClN2O6/c1-9(25-16(22)11-4-2-3-5-14(11)20)15(21)18-13-7-6-10(19(23)24)8-12(13)17/h2-9,20H,1H3,(H,18,21)/t9-/m1/s1. The summed E-state index contributed by atoms with van der Waals surface area (Å²) in [5.41, 5.74) is -0.153. The molecule has 0 bridgehead atoms. The second-order valence-corrected chi connectivity index (χ2v) is 5.38. The molecule has 0 aromatic heterocycles. The van der Waals surface area contributed by atoms with Crippen molar-refractivity contribution in [2.45, 2.75) is 13.0 Å². The summed E-state index contributed by atoms with van der Waals surface area (Å²) >= 11 is 5.88. The highest BCUT2D eigenvalue weighted by Crippen LogP contribution is 2.27. The number of hydrogen-bond acceptors (Lipinski definition) is 6. The van der Waals surface area contributed by atoms with Gasteiger partial charge in [0.2, 0.25) is 0 Å². The van der Waals surface area contributed by atoms with E-state index >= 15 is 0 Å². The third kappa shape index (κ3) is 4.45. The Bertz CT molecular complexity index is 839. The molecule has 8 nitrogen and oxygen atoms in total. The second kappa shape index (κ2) is 7.63. The number of nitrogens with zero attached hydrogens (tertiary/aromatic N) is 1. The van der Waals surface area contributed by atoms with Gasteiger partial charge in [0.05, 0.1) is 15.6 Å². The number of nitro benzene ring substituents is 1. The molecule has 2 rings (SSSR count). The lowest BCUT2D eigenvalue weighted by molar-refractivity contribution is -0.384. The fourth-order valence-corrected chi connectivity index (χ4v) is 2.10. The van der Waals surface area contributed by atoms with Crippen LogP contribution in [-0.2, 0) is 9.53 Å². The van der Waals surface area contributed by atoms with Crippen LogP contribution in [0, 0.1) is 10.1 Å². The summed E-state index contributed by atoms with van der Waals surface area (Å²) in [5.74, 6) is -1.81. The molecule has 9 heteroatoms. The van der Waals surface area contributed by atoms with Crippen molar-refractivity contribution in [2.75, 3.05) is 5.32 Å². The topological polar surface area (TPSA) is 119 Å². The van der Waals surface area contributed by atoms with Crippen LogP contribution in [0.25, 0.3) is 0 Å². The van der Waals surface area contributed by atoms with Crippen LogP contribution in [0.4, 0.5) is 11.4 Å². The van der Waals surface area contributed by atoms with Gasteiger partial charge >= 0.3 is 5.97 Å². The highest BCUT2D eigenvalue weighted by molar-refractivity contribution is 6.34. The molecule has 2 aromatic carbocycles. The number of halogens is 1. The Hall–Kier alpha value is -3.13. The van der Waals surface area contributed by atoms with E-state index in [0.717, 1.165) is 6.07 Å². The predicted molar refractivity (Wildman–Crippen MR) is 89.7 cm³/mol. The minimum absolute atomic E-state index is 0.0261. The van der Waals surface area contributed by atoms with Crippen LogP contribution in [0.2, 0.25) is 5.02 Å². The van der Waals surface area contributed by atoms with Gasteiger partial charge in [0.15, 0.2) is 6.10 Å². The number of phenolic OH excluding ortho intramolecular Hbond substituents is 1. The summed E-state index contributed by atoms with van der Waals surface area (Å²) in [6.45, 7) is 1.34. The van der Waals surface area contributed by atoms with Crippen LogP contribution in [0.5, 0.6) is 5.75 Å². The molecule has 0 aliphatic rings. The summed E-state index contributed by atoms with van der Waals surface area (Å²) in [5, 5.41) is 22.6. The van der Waals surface area contributed by atoms with Crippen LogP contribution in [-0.4, -0.2) is 28.0 Å². The van der Waals surface area contributed by atoms with Crippen molar-refractivity contribution < 1.29 is 24.4 Å². The number of nitro groups is 1. The van der Waals surface area contributed by atoms with Gasteiger partial charge in [0.25, 0.3) is 11.6 Å². The van der Waals surface area contributed by atoms with E-state index in [1.807, 2.05) is 0 Å². The molecule has 0 radical (unpaired) electrons. The third-order valence-electron chi connectivity index (χ3n) is 3.20. The zero-order chi connectivity index (χ0) is 18.6. The summed E-state index contributed by atoms with van der Waals surface area (Å²) in [6.07, 6.45) is -1.18. The van der Waals surface area contributed by atoms with E-state index in [4.69, 9.17) is 16.3 Å². The number of para-hydroxylation sites is 1. The number of benzene rings is 2. The average molecular weight is 365 g/mol. The van der Waals surface area contributed by atoms with Crippen molar-refractivity contribution in [1.29, 1.82) is 0 Å². The highest BCUT2D eigenvalue weighted by atomic mass is 35.5. The van der Waals surface area contributed by atoms with Gasteiger partial charge in [-0.3, -0.25) is 14.9 Å². The zero-order valence-corrected chi connectivity index (χ0v) is 13.7. The highest BCUT2D eigenvalue weighted by Gasteiger charge is 2.22. The number of ether oxygens (including phenoxy) is 1. The molecule has 1 atom stereocenters. The monoisotopic (exact) mass is 364 g/mol. The number of anilines is 1. The summed E-state index contributed by atoms with van der Waals surface area (Å²) in [6, 6.07) is 9.30. The minimum Gasteiger partial charge on any atom is -0.507 e. The van der Waals surface area contributed by atoms with Gasteiger partial charge in [0.1, 0.15) is 11.3 Å².